The number of hydrogen-bond donors (Lipinski definition) is 0. The monoisotopic (exact) mass is 215 g/mol. The molecule has 0 aliphatic heterocycles. The van der Waals surface area contributed by atoms with Crippen LogP contribution in [0.1, 0.15) is 41.0 Å². The number of carbonyl (C=O) groups excluding carboxylic acids is 1. The lowest BCUT2D eigenvalue weighted by atomic mass is 10.1. The second kappa shape index (κ2) is 7.55. The molecule has 0 aliphatic carbocycles. The van der Waals surface area contributed by atoms with Gasteiger partial charge in [-0.25, -0.2) is 4.79 Å². The van der Waals surface area contributed by atoms with E-state index in [2.05, 4.69) is 27.7 Å². The summed E-state index contributed by atoms with van der Waals surface area (Å²) in [6.07, 6.45) is 0.859. The van der Waals surface area contributed by atoms with Crippen LogP contribution in [0.3, 0.4) is 0 Å². The molecule has 0 fully saturated rings. The van der Waals surface area contributed by atoms with Gasteiger partial charge in [0.05, 0.1) is 6.61 Å². The van der Waals surface area contributed by atoms with Crippen LogP contribution in [-0.4, -0.2) is 30.7 Å². The summed E-state index contributed by atoms with van der Waals surface area (Å²) in [6, 6.07) is 0. The summed E-state index contributed by atoms with van der Waals surface area (Å²) in [5, 5.41) is 0. The second-order valence-electron chi connectivity index (χ2n) is 4.72. The van der Waals surface area contributed by atoms with Crippen molar-refractivity contribution in [3.63, 3.8) is 0 Å². The topological polar surface area (TPSA) is 29.5 Å². The van der Waals surface area contributed by atoms with Gasteiger partial charge >= 0.3 is 6.09 Å². The molecule has 0 aromatic carbocycles. The molecule has 0 rings (SSSR count). The molecule has 3 heteroatoms. The number of hydrogen-bond acceptors (Lipinski definition) is 2. The maximum absolute atomic E-state index is 11.6. The Morgan fingerprint density at radius 2 is 1.80 bits per heavy atom. The Hall–Kier alpha value is -0.730. The zero-order valence-electron chi connectivity index (χ0n) is 10.7. The van der Waals surface area contributed by atoms with E-state index in [4.69, 9.17) is 4.74 Å². The lowest BCUT2D eigenvalue weighted by Crippen LogP contribution is -2.36. The first-order valence-electron chi connectivity index (χ1n) is 5.89. The van der Waals surface area contributed by atoms with Gasteiger partial charge in [0.15, 0.2) is 0 Å². The van der Waals surface area contributed by atoms with E-state index in [1.54, 1.807) is 0 Å². The van der Waals surface area contributed by atoms with Crippen molar-refractivity contribution in [1.29, 1.82) is 0 Å². The largest absolute Gasteiger partial charge is 0.450 e. The van der Waals surface area contributed by atoms with Crippen molar-refractivity contribution in [2.24, 2.45) is 11.8 Å². The van der Waals surface area contributed by atoms with Crippen molar-refractivity contribution in [1.82, 2.24) is 4.90 Å². The minimum atomic E-state index is -0.174. The predicted molar refractivity (Wildman–Crippen MR) is 62.9 cm³/mol. The van der Waals surface area contributed by atoms with E-state index in [1.807, 2.05) is 11.8 Å². The van der Waals surface area contributed by atoms with Crippen molar-refractivity contribution in [3.8, 4) is 0 Å². The molecular formula is C12H25NO2. The summed E-state index contributed by atoms with van der Waals surface area (Å²) in [6.45, 7) is 12.4. The third-order valence-electron chi connectivity index (χ3n) is 2.09. The molecule has 0 bridgehead atoms. The second-order valence-corrected chi connectivity index (χ2v) is 4.72. The normalized spacial score (nSPS) is 10.9. The molecule has 3 nitrogen and oxygen atoms in total. The van der Waals surface area contributed by atoms with Crippen LogP contribution in [0.5, 0.6) is 0 Å². The van der Waals surface area contributed by atoms with E-state index >= 15 is 0 Å². The summed E-state index contributed by atoms with van der Waals surface area (Å²) in [5.41, 5.74) is 0. The van der Waals surface area contributed by atoms with Gasteiger partial charge in [0, 0.05) is 13.1 Å². The van der Waals surface area contributed by atoms with Crippen LogP contribution in [0, 0.1) is 11.8 Å². The van der Waals surface area contributed by atoms with Gasteiger partial charge in [-0.3, -0.25) is 0 Å². The molecule has 15 heavy (non-hydrogen) atoms. The van der Waals surface area contributed by atoms with Crippen molar-refractivity contribution in [2.75, 3.05) is 19.7 Å². The molecule has 0 heterocycles. The first-order valence-corrected chi connectivity index (χ1v) is 5.89. The predicted octanol–water partition coefficient (Wildman–Crippen LogP) is 3.15. The molecular weight excluding hydrogens is 190 g/mol. The summed E-state index contributed by atoms with van der Waals surface area (Å²) >= 11 is 0. The van der Waals surface area contributed by atoms with Gasteiger partial charge in [-0.2, -0.15) is 0 Å². The molecule has 0 unspecified atom stereocenters. The van der Waals surface area contributed by atoms with Gasteiger partial charge in [0.2, 0.25) is 0 Å². The van der Waals surface area contributed by atoms with Crippen LogP contribution in [-0.2, 0) is 4.74 Å². The molecule has 1 amide bonds. The fourth-order valence-electron chi connectivity index (χ4n) is 1.33. The zero-order chi connectivity index (χ0) is 11.8. The molecule has 0 aromatic heterocycles. The maximum Gasteiger partial charge on any atom is 0.409 e. The summed E-state index contributed by atoms with van der Waals surface area (Å²) in [4.78, 5) is 13.4. The van der Waals surface area contributed by atoms with Crippen molar-refractivity contribution in [2.45, 2.75) is 41.0 Å². The molecule has 0 aliphatic rings. The average molecular weight is 215 g/mol. The number of nitrogens with zero attached hydrogens (tertiary/aromatic N) is 1. The first-order chi connectivity index (χ1) is 6.97. The number of ether oxygens (including phenoxy) is 1. The standard InChI is InChI=1S/C12H25NO2/c1-6-15-12(14)13(9-11(4)5)8-7-10(2)3/h10-11H,6-9H2,1-5H3. The van der Waals surface area contributed by atoms with Gasteiger partial charge in [-0.05, 0) is 25.2 Å². The van der Waals surface area contributed by atoms with Gasteiger partial charge in [0.25, 0.3) is 0 Å². The summed E-state index contributed by atoms with van der Waals surface area (Å²) in [5.74, 6) is 1.11. The third-order valence-corrected chi connectivity index (χ3v) is 2.09. The fourth-order valence-corrected chi connectivity index (χ4v) is 1.33. The fraction of sp³-hybridized carbons (Fsp3) is 0.917. The highest BCUT2D eigenvalue weighted by Gasteiger charge is 2.15. The highest BCUT2D eigenvalue weighted by atomic mass is 16.6. The Morgan fingerprint density at radius 3 is 2.20 bits per heavy atom. The molecule has 90 valence electrons. The van der Waals surface area contributed by atoms with Gasteiger partial charge in [0.1, 0.15) is 0 Å². The van der Waals surface area contributed by atoms with E-state index in [0.29, 0.717) is 18.4 Å². The van der Waals surface area contributed by atoms with Crippen molar-refractivity contribution in [3.05, 3.63) is 0 Å². The highest BCUT2D eigenvalue weighted by Crippen LogP contribution is 2.06. The van der Waals surface area contributed by atoms with Crippen LogP contribution in [0.15, 0.2) is 0 Å². The Labute approximate surface area is 93.8 Å². The lowest BCUT2D eigenvalue weighted by molar-refractivity contribution is 0.101. The third kappa shape index (κ3) is 7.23. The maximum atomic E-state index is 11.6. The van der Waals surface area contributed by atoms with E-state index in [-0.39, 0.29) is 6.09 Å². The molecule has 0 aromatic rings. The van der Waals surface area contributed by atoms with Crippen molar-refractivity contribution >= 4 is 6.09 Å². The van der Waals surface area contributed by atoms with E-state index in [0.717, 1.165) is 19.5 Å². The number of amides is 1. The van der Waals surface area contributed by atoms with Crippen LogP contribution in [0.4, 0.5) is 4.79 Å². The number of carbonyl (C=O) groups is 1. The van der Waals surface area contributed by atoms with Gasteiger partial charge in [-0.15, -0.1) is 0 Å². The lowest BCUT2D eigenvalue weighted by Gasteiger charge is -2.24. The van der Waals surface area contributed by atoms with Gasteiger partial charge in [-0.1, -0.05) is 27.7 Å². The molecule has 0 N–H and O–H groups in total. The summed E-state index contributed by atoms with van der Waals surface area (Å²) < 4.78 is 5.02. The van der Waals surface area contributed by atoms with Crippen LogP contribution >= 0.6 is 0 Å². The smallest absolute Gasteiger partial charge is 0.409 e. The SMILES string of the molecule is CCOC(=O)N(CCC(C)C)CC(C)C. The minimum absolute atomic E-state index is 0.174. The van der Waals surface area contributed by atoms with Crippen LogP contribution in [0.2, 0.25) is 0 Å². The zero-order valence-corrected chi connectivity index (χ0v) is 10.7. The van der Waals surface area contributed by atoms with E-state index in [1.165, 1.54) is 0 Å². The van der Waals surface area contributed by atoms with Gasteiger partial charge < -0.3 is 9.64 Å². The molecule has 0 radical (unpaired) electrons. The first kappa shape index (κ1) is 14.3. The molecule has 0 atom stereocenters. The Bertz CT molecular complexity index is 178. The van der Waals surface area contributed by atoms with Crippen LogP contribution in [0.25, 0.3) is 0 Å². The van der Waals surface area contributed by atoms with Crippen LogP contribution < -0.4 is 0 Å². The van der Waals surface area contributed by atoms with E-state index in [9.17, 15) is 4.79 Å². The van der Waals surface area contributed by atoms with E-state index < -0.39 is 0 Å². The molecule has 0 saturated carbocycles. The number of rotatable bonds is 6. The highest BCUT2D eigenvalue weighted by molar-refractivity contribution is 5.67. The Kier molecular flexibility index (Phi) is 7.18. The summed E-state index contributed by atoms with van der Waals surface area (Å²) in [7, 11) is 0. The Morgan fingerprint density at radius 1 is 1.20 bits per heavy atom. The minimum Gasteiger partial charge on any atom is -0.450 e. The molecule has 0 spiro atoms. The Balaban J connectivity index is 4.11. The average Bonchev–Trinajstić information content (AvgIpc) is 2.11. The quantitative estimate of drug-likeness (QED) is 0.681. The van der Waals surface area contributed by atoms with Crippen molar-refractivity contribution < 1.29 is 9.53 Å². The molecule has 0 saturated heterocycles.